The summed E-state index contributed by atoms with van der Waals surface area (Å²) in [6, 6.07) is -0.0114. The highest BCUT2D eigenvalue weighted by molar-refractivity contribution is 5.79. The molecule has 0 aromatic heterocycles. The minimum Gasteiger partial charge on any atom is -0.381 e. The second-order valence-corrected chi connectivity index (χ2v) is 4.74. The molecule has 4 nitrogen and oxygen atoms in total. The Bertz CT molecular complexity index is 196. The van der Waals surface area contributed by atoms with Gasteiger partial charge in [0, 0.05) is 19.3 Å². The van der Waals surface area contributed by atoms with Crippen LogP contribution in [0.15, 0.2) is 0 Å². The van der Waals surface area contributed by atoms with Crippen molar-refractivity contribution in [3.05, 3.63) is 0 Å². The molecule has 0 fully saturated rings. The highest BCUT2D eigenvalue weighted by atomic mass is 16.5. The molecule has 0 saturated carbocycles. The number of rotatable bonds is 11. The molecule has 0 bridgehead atoms. The molecule has 0 saturated heterocycles. The molecular weight excluding hydrogens is 216 g/mol. The number of ether oxygens (including phenoxy) is 1. The van der Waals surface area contributed by atoms with E-state index in [4.69, 9.17) is 10.5 Å². The molecule has 0 spiro atoms. The van der Waals surface area contributed by atoms with E-state index in [2.05, 4.69) is 12.2 Å². The average molecular weight is 244 g/mol. The maximum atomic E-state index is 11.1. The molecule has 4 heteroatoms. The van der Waals surface area contributed by atoms with E-state index in [1.807, 2.05) is 13.8 Å². The van der Waals surface area contributed by atoms with Gasteiger partial charge in [0.2, 0.25) is 5.91 Å². The lowest BCUT2D eigenvalue weighted by Crippen LogP contribution is -2.45. The number of hydrogen-bond donors (Lipinski definition) is 2. The molecule has 0 radical (unpaired) electrons. The number of nitrogens with two attached hydrogens (primary N) is 1. The fraction of sp³-hybridized carbons (Fsp3) is 0.923. The lowest BCUT2D eigenvalue weighted by Gasteiger charge is -2.18. The first kappa shape index (κ1) is 16.4. The largest absolute Gasteiger partial charge is 0.381 e. The summed E-state index contributed by atoms with van der Waals surface area (Å²) in [4.78, 5) is 11.1. The van der Waals surface area contributed by atoms with Crippen LogP contribution in [0.4, 0.5) is 0 Å². The molecule has 3 N–H and O–H groups in total. The van der Waals surface area contributed by atoms with Gasteiger partial charge in [-0.25, -0.2) is 0 Å². The molecule has 0 aliphatic heterocycles. The highest BCUT2D eigenvalue weighted by Crippen LogP contribution is 2.00. The third kappa shape index (κ3) is 10.3. The summed E-state index contributed by atoms with van der Waals surface area (Å²) in [5.74, 6) is -0.298. The van der Waals surface area contributed by atoms with Crippen LogP contribution in [0.5, 0.6) is 0 Å². The maximum Gasteiger partial charge on any atom is 0.234 e. The van der Waals surface area contributed by atoms with Crippen molar-refractivity contribution in [1.29, 1.82) is 0 Å². The topological polar surface area (TPSA) is 64.3 Å². The van der Waals surface area contributed by atoms with E-state index in [0.717, 1.165) is 13.0 Å². The maximum absolute atomic E-state index is 11.1. The Labute approximate surface area is 105 Å². The summed E-state index contributed by atoms with van der Waals surface area (Å²) in [5.41, 5.74) is 5.31. The van der Waals surface area contributed by atoms with E-state index < -0.39 is 0 Å². The minimum atomic E-state index is -0.298. The smallest absolute Gasteiger partial charge is 0.234 e. The first-order valence-electron chi connectivity index (χ1n) is 6.71. The summed E-state index contributed by atoms with van der Waals surface area (Å²) in [6.45, 7) is 7.58. The molecule has 0 rings (SSSR count). The van der Waals surface area contributed by atoms with Gasteiger partial charge in [-0.2, -0.15) is 0 Å². The van der Waals surface area contributed by atoms with Gasteiger partial charge in [-0.3, -0.25) is 4.79 Å². The second-order valence-electron chi connectivity index (χ2n) is 4.74. The van der Waals surface area contributed by atoms with Crippen LogP contribution < -0.4 is 11.1 Å². The average Bonchev–Trinajstić information content (AvgIpc) is 2.25. The molecule has 0 aromatic carbocycles. The van der Waals surface area contributed by atoms with E-state index in [1.165, 1.54) is 19.3 Å². The summed E-state index contributed by atoms with van der Waals surface area (Å²) in [5, 5.41) is 3.14. The molecule has 0 aliphatic carbocycles. The van der Waals surface area contributed by atoms with Gasteiger partial charge in [0.1, 0.15) is 0 Å². The number of hydrogen-bond acceptors (Lipinski definition) is 3. The monoisotopic (exact) mass is 244 g/mol. The summed E-state index contributed by atoms with van der Waals surface area (Å²) in [6.07, 6.45) is 5.48. The first-order chi connectivity index (χ1) is 8.07. The molecule has 102 valence electrons. The van der Waals surface area contributed by atoms with Crippen molar-refractivity contribution in [2.45, 2.75) is 65.0 Å². The van der Waals surface area contributed by atoms with Crippen molar-refractivity contribution >= 4 is 5.91 Å². The summed E-state index contributed by atoms with van der Waals surface area (Å²) >= 11 is 0. The van der Waals surface area contributed by atoms with Gasteiger partial charge in [0.25, 0.3) is 0 Å². The third-order valence-electron chi connectivity index (χ3n) is 2.57. The van der Waals surface area contributed by atoms with E-state index in [9.17, 15) is 4.79 Å². The summed E-state index contributed by atoms with van der Waals surface area (Å²) in [7, 11) is 0. The van der Waals surface area contributed by atoms with Crippen LogP contribution in [0, 0.1) is 0 Å². The lowest BCUT2D eigenvalue weighted by atomic mass is 10.2. The number of unbranched alkanes of at least 4 members (excludes halogenated alkanes) is 3. The molecule has 0 aromatic rings. The standard InChI is InChI=1S/C13H28N2O2/c1-4-5-6-7-9-17-10-8-12(13(14)16)15-11(2)3/h11-12,15H,4-10H2,1-3H3,(H2,14,16). The Balaban J connectivity index is 3.51. The van der Waals surface area contributed by atoms with Crippen LogP contribution in [-0.2, 0) is 9.53 Å². The van der Waals surface area contributed by atoms with Crippen LogP contribution >= 0.6 is 0 Å². The Morgan fingerprint density at radius 1 is 1.24 bits per heavy atom. The van der Waals surface area contributed by atoms with Crippen molar-refractivity contribution in [1.82, 2.24) is 5.32 Å². The fourth-order valence-electron chi connectivity index (χ4n) is 1.64. The lowest BCUT2D eigenvalue weighted by molar-refractivity contribution is -0.120. The fourth-order valence-corrected chi connectivity index (χ4v) is 1.64. The predicted octanol–water partition coefficient (Wildman–Crippen LogP) is 1.83. The van der Waals surface area contributed by atoms with E-state index in [1.54, 1.807) is 0 Å². The number of amides is 1. The molecule has 1 unspecified atom stereocenters. The van der Waals surface area contributed by atoms with Crippen molar-refractivity contribution in [2.24, 2.45) is 5.73 Å². The van der Waals surface area contributed by atoms with Gasteiger partial charge in [-0.15, -0.1) is 0 Å². The van der Waals surface area contributed by atoms with Crippen LogP contribution in [-0.4, -0.2) is 31.2 Å². The van der Waals surface area contributed by atoms with Gasteiger partial charge in [-0.05, 0) is 12.8 Å². The zero-order chi connectivity index (χ0) is 13.1. The first-order valence-corrected chi connectivity index (χ1v) is 6.71. The number of nitrogens with one attached hydrogen (secondary N) is 1. The van der Waals surface area contributed by atoms with Gasteiger partial charge >= 0.3 is 0 Å². The van der Waals surface area contributed by atoms with Gasteiger partial charge < -0.3 is 15.8 Å². The molecule has 1 amide bonds. The Kier molecular flexibility index (Phi) is 10.2. The quantitative estimate of drug-likeness (QED) is 0.545. The molecule has 0 heterocycles. The van der Waals surface area contributed by atoms with E-state index in [-0.39, 0.29) is 18.0 Å². The zero-order valence-corrected chi connectivity index (χ0v) is 11.5. The predicted molar refractivity (Wildman–Crippen MR) is 70.8 cm³/mol. The van der Waals surface area contributed by atoms with Crippen molar-refractivity contribution in [3.8, 4) is 0 Å². The molecular formula is C13H28N2O2. The SMILES string of the molecule is CCCCCCOCCC(NC(C)C)C(N)=O. The summed E-state index contributed by atoms with van der Waals surface area (Å²) < 4.78 is 5.49. The van der Waals surface area contributed by atoms with Crippen LogP contribution in [0.25, 0.3) is 0 Å². The Morgan fingerprint density at radius 3 is 2.47 bits per heavy atom. The van der Waals surface area contributed by atoms with Crippen molar-refractivity contribution in [3.63, 3.8) is 0 Å². The molecule has 1 atom stereocenters. The van der Waals surface area contributed by atoms with Gasteiger partial charge in [0.15, 0.2) is 0 Å². The number of carbonyl (C=O) groups excluding carboxylic acids is 1. The van der Waals surface area contributed by atoms with Gasteiger partial charge in [-0.1, -0.05) is 40.0 Å². The van der Waals surface area contributed by atoms with Crippen molar-refractivity contribution < 1.29 is 9.53 Å². The second kappa shape index (κ2) is 10.5. The number of carbonyl (C=O) groups is 1. The highest BCUT2D eigenvalue weighted by Gasteiger charge is 2.15. The Morgan fingerprint density at radius 2 is 1.94 bits per heavy atom. The zero-order valence-electron chi connectivity index (χ0n) is 11.5. The van der Waals surface area contributed by atoms with Crippen LogP contribution in [0.2, 0.25) is 0 Å². The van der Waals surface area contributed by atoms with Crippen molar-refractivity contribution in [2.75, 3.05) is 13.2 Å². The number of primary amides is 1. The molecule has 17 heavy (non-hydrogen) atoms. The third-order valence-corrected chi connectivity index (χ3v) is 2.57. The van der Waals surface area contributed by atoms with E-state index >= 15 is 0 Å². The van der Waals surface area contributed by atoms with Crippen LogP contribution in [0.3, 0.4) is 0 Å². The minimum absolute atomic E-state index is 0.261. The Hall–Kier alpha value is -0.610. The van der Waals surface area contributed by atoms with Gasteiger partial charge in [0.05, 0.1) is 6.04 Å². The molecule has 0 aliphatic rings. The van der Waals surface area contributed by atoms with Crippen LogP contribution in [0.1, 0.15) is 52.9 Å². The van der Waals surface area contributed by atoms with E-state index in [0.29, 0.717) is 13.0 Å². The normalized spacial score (nSPS) is 12.9.